The van der Waals surface area contributed by atoms with Gasteiger partial charge in [0.1, 0.15) is 0 Å². The molecule has 0 heterocycles. The average molecular weight is 211 g/mol. The third kappa shape index (κ3) is 8.22. The van der Waals surface area contributed by atoms with E-state index < -0.39 is 0 Å². The zero-order valence-corrected chi connectivity index (χ0v) is 10.6. The van der Waals surface area contributed by atoms with E-state index in [0.29, 0.717) is 6.42 Å². The zero-order valence-electron chi connectivity index (χ0n) is 10.6. The van der Waals surface area contributed by atoms with Gasteiger partial charge in [-0.2, -0.15) is 0 Å². The van der Waals surface area contributed by atoms with Gasteiger partial charge in [0.05, 0.1) is 0 Å². The van der Waals surface area contributed by atoms with Crippen LogP contribution < -0.4 is 5.32 Å². The second-order valence-electron chi connectivity index (χ2n) is 4.33. The molecule has 15 heavy (non-hydrogen) atoms. The van der Waals surface area contributed by atoms with E-state index in [2.05, 4.69) is 32.2 Å². The summed E-state index contributed by atoms with van der Waals surface area (Å²) in [4.78, 5) is 11.0. The first-order valence-electron chi connectivity index (χ1n) is 5.96. The molecule has 0 bridgehead atoms. The fraction of sp³-hybridized carbons (Fsp3) is 0.769. The number of nitrogens with one attached hydrogen (secondary N) is 1. The molecule has 1 amide bonds. The van der Waals surface area contributed by atoms with Crippen molar-refractivity contribution in [2.45, 2.75) is 52.9 Å². The van der Waals surface area contributed by atoms with Gasteiger partial charge in [-0.05, 0) is 32.1 Å². The van der Waals surface area contributed by atoms with E-state index in [1.54, 1.807) is 7.05 Å². The Labute approximate surface area is 94.1 Å². The third-order valence-corrected chi connectivity index (χ3v) is 2.82. The molecule has 0 rings (SSSR count). The van der Waals surface area contributed by atoms with Crippen molar-refractivity contribution in [1.82, 2.24) is 5.32 Å². The highest BCUT2D eigenvalue weighted by Crippen LogP contribution is 2.12. The van der Waals surface area contributed by atoms with E-state index >= 15 is 0 Å². The lowest BCUT2D eigenvalue weighted by molar-refractivity contribution is -0.120. The Morgan fingerprint density at radius 3 is 2.60 bits per heavy atom. The molecule has 0 aromatic rings. The minimum absolute atomic E-state index is 0.143. The second kappa shape index (κ2) is 8.51. The first-order valence-corrected chi connectivity index (χ1v) is 5.96. The van der Waals surface area contributed by atoms with Gasteiger partial charge in [-0.25, -0.2) is 0 Å². The maximum atomic E-state index is 11.0. The first-order chi connectivity index (χ1) is 7.10. The summed E-state index contributed by atoms with van der Waals surface area (Å²) in [6.45, 7) is 6.65. The van der Waals surface area contributed by atoms with E-state index in [1.807, 2.05) is 0 Å². The summed E-state index contributed by atoms with van der Waals surface area (Å²) in [5.74, 6) is 0.920. The Hall–Kier alpha value is -0.790. The molecule has 0 aliphatic carbocycles. The van der Waals surface area contributed by atoms with Crippen LogP contribution in [0.3, 0.4) is 0 Å². The highest BCUT2D eigenvalue weighted by Gasteiger charge is 1.99. The molecule has 0 aliphatic heterocycles. The van der Waals surface area contributed by atoms with Crippen molar-refractivity contribution in [2.75, 3.05) is 7.05 Å². The van der Waals surface area contributed by atoms with Crippen LogP contribution in [0.2, 0.25) is 0 Å². The lowest BCUT2D eigenvalue weighted by atomic mass is 10.0. The molecule has 0 fully saturated rings. The Bertz CT molecular complexity index is 209. The Balaban J connectivity index is 3.64. The number of rotatable bonds is 7. The van der Waals surface area contributed by atoms with E-state index in [1.165, 1.54) is 18.4 Å². The standard InChI is InChI=1S/C13H25NO/c1-5-11(2)9-10-12(3)7-6-8-13(15)14-4/h10-11H,5-9H2,1-4H3,(H,14,15)/b12-10+. The summed E-state index contributed by atoms with van der Waals surface area (Å²) in [5.41, 5.74) is 1.42. The van der Waals surface area contributed by atoms with Gasteiger partial charge >= 0.3 is 0 Å². The Morgan fingerprint density at radius 2 is 2.07 bits per heavy atom. The molecule has 88 valence electrons. The minimum Gasteiger partial charge on any atom is -0.359 e. The van der Waals surface area contributed by atoms with Gasteiger partial charge in [0.15, 0.2) is 0 Å². The molecule has 0 saturated heterocycles. The van der Waals surface area contributed by atoms with Crippen molar-refractivity contribution in [2.24, 2.45) is 5.92 Å². The van der Waals surface area contributed by atoms with Crippen molar-refractivity contribution in [3.8, 4) is 0 Å². The summed E-state index contributed by atoms with van der Waals surface area (Å²) in [7, 11) is 1.69. The summed E-state index contributed by atoms with van der Waals surface area (Å²) in [6.07, 6.45) is 7.37. The largest absolute Gasteiger partial charge is 0.359 e. The highest BCUT2D eigenvalue weighted by molar-refractivity contribution is 5.75. The molecule has 0 spiro atoms. The Kier molecular flexibility index (Phi) is 8.06. The van der Waals surface area contributed by atoms with E-state index in [9.17, 15) is 4.79 Å². The number of carbonyl (C=O) groups is 1. The van der Waals surface area contributed by atoms with Gasteiger partial charge in [0.25, 0.3) is 0 Å². The van der Waals surface area contributed by atoms with E-state index in [0.717, 1.165) is 18.8 Å². The molecule has 2 heteroatoms. The van der Waals surface area contributed by atoms with Crippen LogP contribution in [0.4, 0.5) is 0 Å². The number of carbonyl (C=O) groups excluding carboxylic acids is 1. The highest BCUT2D eigenvalue weighted by atomic mass is 16.1. The Morgan fingerprint density at radius 1 is 1.40 bits per heavy atom. The summed E-state index contributed by atoms with van der Waals surface area (Å²) in [6, 6.07) is 0. The predicted molar refractivity (Wildman–Crippen MR) is 65.7 cm³/mol. The van der Waals surface area contributed by atoms with E-state index in [4.69, 9.17) is 0 Å². The van der Waals surface area contributed by atoms with Crippen LogP contribution in [0.15, 0.2) is 11.6 Å². The van der Waals surface area contributed by atoms with Crippen molar-refractivity contribution in [3.05, 3.63) is 11.6 Å². The second-order valence-corrected chi connectivity index (χ2v) is 4.33. The van der Waals surface area contributed by atoms with Gasteiger partial charge in [-0.3, -0.25) is 4.79 Å². The molecule has 0 aliphatic rings. The number of hydrogen-bond donors (Lipinski definition) is 1. The molecule has 0 saturated carbocycles. The average Bonchev–Trinajstić information content (AvgIpc) is 2.25. The molecule has 2 nitrogen and oxygen atoms in total. The summed E-state index contributed by atoms with van der Waals surface area (Å²) >= 11 is 0. The molecule has 1 unspecified atom stereocenters. The van der Waals surface area contributed by atoms with Crippen LogP contribution in [0.1, 0.15) is 52.9 Å². The first kappa shape index (κ1) is 14.2. The van der Waals surface area contributed by atoms with Gasteiger partial charge in [0.2, 0.25) is 5.91 Å². The van der Waals surface area contributed by atoms with Crippen molar-refractivity contribution >= 4 is 5.91 Å². The molecule has 1 atom stereocenters. The van der Waals surface area contributed by atoms with Gasteiger partial charge in [0, 0.05) is 13.5 Å². The maximum absolute atomic E-state index is 11.0. The molecule has 0 aromatic carbocycles. The maximum Gasteiger partial charge on any atom is 0.219 e. The van der Waals surface area contributed by atoms with Crippen molar-refractivity contribution < 1.29 is 4.79 Å². The predicted octanol–water partition coefficient (Wildman–Crippen LogP) is 3.29. The van der Waals surface area contributed by atoms with E-state index in [-0.39, 0.29) is 5.91 Å². The SMILES string of the molecule is CCC(C)C/C=C(\C)CCCC(=O)NC. The molecule has 1 N–H and O–H groups in total. The lowest BCUT2D eigenvalue weighted by Gasteiger charge is -2.05. The number of hydrogen-bond acceptors (Lipinski definition) is 1. The van der Waals surface area contributed by atoms with Crippen LogP contribution in [0, 0.1) is 5.92 Å². The fourth-order valence-corrected chi connectivity index (χ4v) is 1.32. The monoisotopic (exact) mass is 211 g/mol. The van der Waals surface area contributed by atoms with Gasteiger partial charge in [-0.15, -0.1) is 0 Å². The molecular weight excluding hydrogens is 186 g/mol. The number of amides is 1. The van der Waals surface area contributed by atoms with Crippen LogP contribution in [-0.4, -0.2) is 13.0 Å². The van der Waals surface area contributed by atoms with Gasteiger partial charge in [-0.1, -0.05) is 31.9 Å². The molecule has 0 radical (unpaired) electrons. The minimum atomic E-state index is 0.143. The van der Waals surface area contributed by atoms with Crippen molar-refractivity contribution in [1.29, 1.82) is 0 Å². The normalized spacial score (nSPS) is 13.7. The van der Waals surface area contributed by atoms with Crippen LogP contribution in [-0.2, 0) is 4.79 Å². The van der Waals surface area contributed by atoms with Crippen molar-refractivity contribution in [3.63, 3.8) is 0 Å². The van der Waals surface area contributed by atoms with Crippen LogP contribution in [0.25, 0.3) is 0 Å². The summed E-state index contributed by atoms with van der Waals surface area (Å²) < 4.78 is 0. The van der Waals surface area contributed by atoms with Crippen LogP contribution in [0.5, 0.6) is 0 Å². The number of allylic oxidation sites excluding steroid dienone is 2. The third-order valence-electron chi connectivity index (χ3n) is 2.82. The smallest absolute Gasteiger partial charge is 0.219 e. The van der Waals surface area contributed by atoms with Gasteiger partial charge < -0.3 is 5.32 Å². The fourth-order valence-electron chi connectivity index (χ4n) is 1.32. The zero-order chi connectivity index (χ0) is 11.7. The van der Waals surface area contributed by atoms with Crippen LogP contribution >= 0.6 is 0 Å². The summed E-state index contributed by atoms with van der Waals surface area (Å²) in [5, 5.41) is 2.64. The topological polar surface area (TPSA) is 29.1 Å². The molecular formula is C13H25NO. The lowest BCUT2D eigenvalue weighted by Crippen LogP contribution is -2.16. The molecule has 0 aromatic heterocycles. The quantitative estimate of drug-likeness (QED) is 0.643.